The Kier molecular flexibility index (Phi) is 6.41. The fourth-order valence-electron chi connectivity index (χ4n) is 2.32. The summed E-state index contributed by atoms with van der Waals surface area (Å²) in [6, 6.07) is 0. The Morgan fingerprint density at radius 3 is 2.75 bits per heavy atom. The second-order valence-corrected chi connectivity index (χ2v) is 5.47. The first kappa shape index (κ1) is 16.9. The minimum atomic E-state index is -0.335. The van der Waals surface area contributed by atoms with Crippen LogP contribution >= 0.6 is 28.3 Å². The number of nitrogens with zero attached hydrogens (tertiary/aromatic N) is 1. The standard InChI is InChI=1S/C12H18N4O2S.BrH/c1-2-18-10(17)9-8(7-5-3-4-6-7)15-12(19-9)16-11(13)14;/h7H,2-6H2,1H3,(H4,13,14,15,16);1H. The number of hydrogen-bond donors (Lipinski definition) is 3. The average molecular weight is 363 g/mol. The first-order valence-corrected chi connectivity index (χ1v) is 7.22. The van der Waals surface area contributed by atoms with Crippen LogP contribution in [0.1, 0.15) is 53.9 Å². The third-order valence-corrected chi connectivity index (χ3v) is 4.06. The van der Waals surface area contributed by atoms with E-state index in [1.807, 2.05) is 0 Å². The molecule has 0 atom stereocenters. The van der Waals surface area contributed by atoms with E-state index in [1.54, 1.807) is 6.92 Å². The van der Waals surface area contributed by atoms with Crippen molar-refractivity contribution in [2.75, 3.05) is 11.9 Å². The Bertz CT molecular complexity index is 486. The summed E-state index contributed by atoms with van der Waals surface area (Å²) in [5.74, 6) is -0.196. The lowest BCUT2D eigenvalue weighted by Crippen LogP contribution is -2.20. The van der Waals surface area contributed by atoms with Crippen molar-refractivity contribution in [1.82, 2.24) is 4.98 Å². The number of carbonyl (C=O) groups excluding carboxylic acids is 1. The van der Waals surface area contributed by atoms with Crippen molar-refractivity contribution in [2.45, 2.75) is 38.5 Å². The SMILES string of the molecule is Br.CCOC(=O)c1sc(NC(=N)N)nc1C1CCCC1. The molecule has 0 bridgehead atoms. The highest BCUT2D eigenvalue weighted by molar-refractivity contribution is 8.93. The monoisotopic (exact) mass is 362 g/mol. The number of carbonyl (C=O) groups is 1. The molecule has 1 aromatic heterocycles. The number of halogens is 1. The molecule has 8 heteroatoms. The first-order valence-electron chi connectivity index (χ1n) is 6.40. The van der Waals surface area contributed by atoms with Gasteiger partial charge < -0.3 is 15.8 Å². The summed E-state index contributed by atoms with van der Waals surface area (Å²) in [6.45, 7) is 2.12. The number of anilines is 1. The van der Waals surface area contributed by atoms with Gasteiger partial charge in [-0.1, -0.05) is 24.2 Å². The van der Waals surface area contributed by atoms with Crippen molar-refractivity contribution < 1.29 is 9.53 Å². The zero-order valence-corrected chi connectivity index (χ0v) is 13.8. The van der Waals surface area contributed by atoms with Crippen LogP contribution in [0.4, 0.5) is 5.13 Å². The van der Waals surface area contributed by atoms with Gasteiger partial charge in [-0.15, -0.1) is 17.0 Å². The van der Waals surface area contributed by atoms with Gasteiger partial charge in [0.05, 0.1) is 12.3 Å². The van der Waals surface area contributed by atoms with Gasteiger partial charge in [-0.2, -0.15) is 0 Å². The van der Waals surface area contributed by atoms with Crippen LogP contribution in [0.3, 0.4) is 0 Å². The maximum atomic E-state index is 12.0. The van der Waals surface area contributed by atoms with Crippen LogP contribution in [0.25, 0.3) is 0 Å². The van der Waals surface area contributed by atoms with Crippen molar-refractivity contribution in [3.8, 4) is 0 Å². The number of esters is 1. The van der Waals surface area contributed by atoms with Crippen LogP contribution < -0.4 is 11.1 Å². The lowest BCUT2D eigenvalue weighted by atomic mass is 10.0. The molecule has 2 rings (SSSR count). The zero-order chi connectivity index (χ0) is 13.8. The lowest BCUT2D eigenvalue weighted by Gasteiger charge is -2.07. The second-order valence-electron chi connectivity index (χ2n) is 4.47. The number of aromatic nitrogens is 1. The summed E-state index contributed by atoms with van der Waals surface area (Å²) < 4.78 is 5.07. The highest BCUT2D eigenvalue weighted by Gasteiger charge is 2.28. The molecule has 1 aromatic rings. The Morgan fingerprint density at radius 2 is 2.20 bits per heavy atom. The summed E-state index contributed by atoms with van der Waals surface area (Å²) in [7, 11) is 0. The van der Waals surface area contributed by atoms with Gasteiger partial charge in [-0.3, -0.25) is 5.41 Å². The van der Waals surface area contributed by atoms with E-state index < -0.39 is 0 Å². The smallest absolute Gasteiger partial charge is 0.350 e. The fraction of sp³-hybridized carbons (Fsp3) is 0.583. The minimum absolute atomic E-state index is 0. The van der Waals surface area contributed by atoms with E-state index in [0.717, 1.165) is 18.5 Å². The Morgan fingerprint density at radius 1 is 1.55 bits per heavy atom. The average Bonchev–Trinajstić information content (AvgIpc) is 2.96. The van der Waals surface area contributed by atoms with Gasteiger partial charge in [0.1, 0.15) is 4.88 Å². The van der Waals surface area contributed by atoms with E-state index in [4.69, 9.17) is 15.9 Å². The van der Waals surface area contributed by atoms with Gasteiger partial charge in [0.2, 0.25) is 0 Å². The molecule has 0 unspecified atom stereocenters. The summed E-state index contributed by atoms with van der Waals surface area (Å²) in [5.41, 5.74) is 6.09. The van der Waals surface area contributed by atoms with Gasteiger partial charge in [-0.05, 0) is 19.8 Å². The van der Waals surface area contributed by atoms with Crippen LogP contribution in [-0.4, -0.2) is 23.5 Å². The minimum Gasteiger partial charge on any atom is -0.462 e. The fourth-order valence-corrected chi connectivity index (χ4v) is 3.28. The van der Waals surface area contributed by atoms with E-state index >= 15 is 0 Å². The van der Waals surface area contributed by atoms with Crippen LogP contribution in [0.15, 0.2) is 0 Å². The van der Waals surface area contributed by atoms with E-state index in [0.29, 0.717) is 22.5 Å². The third-order valence-electron chi connectivity index (χ3n) is 3.10. The highest BCUT2D eigenvalue weighted by atomic mass is 79.9. The molecule has 1 aliphatic carbocycles. The Hall–Kier alpha value is -1.15. The predicted octanol–water partition coefficient (Wildman–Crippen LogP) is 2.86. The topological polar surface area (TPSA) is 101 Å². The normalized spacial score (nSPS) is 14.7. The van der Waals surface area contributed by atoms with Gasteiger partial charge in [0.15, 0.2) is 11.1 Å². The zero-order valence-electron chi connectivity index (χ0n) is 11.3. The van der Waals surface area contributed by atoms with E-state index in [9.17, 15) is 4.79 Å². The maximum absolute atomic E-state index is 12.0. The molecule has 0 aliphatic heterocycles. The number of ether oxygens (including phenoxy) is 1. The quantitative estimate of drug-likeness (QED) is 0.434. The van der Waals surface area contributed by atoms with Gasteiger partial charge in [-0.25, -0.2) is 9.78 Å². The number of rotatable bonds is 4. The van der Waals surface area contributed by atoms with Crippen molar-refractivity contribution in [2.24, 2.45) is 5.73 Å². The molecule has 0 saturated heterocycles. The molecule has 1 fully saturated rings. The van der Waals surface area contributed by atoms with Gasteiger partial charge in [0, 0.05) is 5.92 Å². The predicted molar refractivity (Wildman–Crippen MR) is 85.1 cm³/mol. The van der Waals surface area contributed by atoms with Gasteiger partial charge in [0.25, 0.3) is 0 Å². The third kappa shape index (κ3) is 3.92. The second kappa shape index (κ2) is 7.58. The molecule has 0 spiro atoms. The number of nitrogens with one attached hydrogen (secondary N) is 2. The van der Waals surface area contributed by atoms with E-state index in [2.05, 4.69) is 10.3 Å². The molecular formula is C12H19BrN4O2S. The summed E-state index contributed by atoms with van der Waals surface area (Å²) in [4.78, 5) is 16.9. The molecule has 6 nitrogen and oxygen atoms in total. The summed E-state index contributed by atoms with van der Waals surface area (Å²) in [6.07, 6.45) is 4.44. The first-order chi connectivity index (χ1) is 9.11. The molecule has 20 heavy (non-hydrogen) atoms. The van der Waals surface area contributed by atoms with Crippen LogP contribution in [0.2, 0.25) is 0 Å². The molecule has 0 amide bonds. The highest BCUT2D eigenvalue weighted by Crippen LogP contribution is 2.38. The van der Waals surface area contributed by atoms with Crippen LogP contribution in [0.5, 0.6) is 0 Å². The molecule has 1 heterocycles. The van der Waals surface area contributed by atoms with Crippen LogP contribution in [0, 0.1) is 5.41 Å². The van der Waals surface area contributed by atoms with Gasteiger partial charge >= 0.3 is 5.97 Å². The Labute approximate surface area is 132 Å². The number of hydrogen-bond acceptors (Lipinski definition) is 5. The van der Waals surface area contributed by atoms with Crippen LogP contribution in [-0.2, 0) is 4.74 Å². The molecule has 0 aromatic carbocycles. The van der Waals surface area contributed by atoms with Crippen molar-refractivity contribution >= 4 is 45.4 Å². The molecule has 1 saturated carbocycles. The molecule has 0 radical (unpaired) electrons. The lowest BCUT2D eigenvalue weighted by molar-refractivity contribution is 0.0530. The number of nitrogens with two attached hydrogens (primary N) is 1. The van der Waals surface area contributed by atoms with Crippen molar-refractivity contribution in [3.63, 3.8) is 0 Å². The molecule has 112 valence electrons. The van der Waals surface area contributed by atoms with E-state index in [1.165, 1.54) is 24.2 Å². The van der Waals surface area contributed by atoms with Crippen molar-refractivity contribution in [3.05, 3.63) is 10.6 Å². The van der Waals surface area contributed by atoms with E-state index in [-0.39, 0.29) is 28.9 Å². The largest absolute Gasteiger partial charge is 0.462 e. The number of guanidine groups is 1. The van der Waals surface area contributed by atoms with Crippen molar-refractivity contribution in [1.29, 1.82) is 5.41 Å². The number of thiazole rings is 1. The molecular weight excluding hydrogens is 344 g/mol. The Balaban J connectivity index is 0.00000200. The summed E-state index contributed by atoms with van der Waals surface area (Å²) in [5, 5.41) is 10.4. The summed E-state index contributed by atoms with van der Waals surface area (Å²) >= 11 is 1.21. The maximum Gasteiger partial charge on any atom is 0.350 e. The molecule has 1 aliphatic rings. The molecule has 4 N–H and O–H groups in total.